The van der Waals surface area contributed by atoms with Gasteiger partial charge in [-0.1, -0.05) is 11.6 Å². The molecule has 8 nitrogen and oxygen atoms in total. The number of fused-ring (bicyclic) bond motifs is 2. The first-order valence-electron chi connectivity index (χ1n) is 11.3. The number of benzene rings is 2. The third-order valence-corrected chi connectivity index (χ3v) is 6.70. The lowest BCUT2D eigenvalue weighted by Gasteiger charge is -2.28. The molecule has 2 aromatic carbocycles. The van der Waals surface area contributed by atoms with Crippen molar-refractivity contribution in [3.63, 3.8) is 0 Å². The number of pyridine rings is 1. The number of imidazole rings is 1. The molecule has 1 atom stereocenters. The van der Waals surface area contributed by atoms with Crippen molar-refractivity contribution >= 4 is 44.9 Å². The molecular weight excluding hydrogens is 440 g/mol. The molecule has 9 heteroatoms. The highest BCUT2D eigenvalue weighted by Gasteiger charge is 2.22. The second kappa shape index (κ2) is 8.37. The number of H-pyrrole nitrogens is 2. The van der Waals surface area contributed by atoms with Gasteiger partial charge in [0.05, 0.1) is 35.5 Å². The summed E-state index contributed by atoms with van der Waals surface area (Å²) in [5.41, 5.74) is 4.65. The molecule has 0 aliphatic carbocycles. The standard InChI is InChI=1S/C24H25ClN6O2/c25-14-1-3-17-19(11-14)30-24(32)21(22(17)27-15-5-6-26-13-15)23-28-18-4-2-16(12-20(18)29-23)31-7-9-33-10-8-31/h1-4,11-12,15,26H,5-10,13H2,(H,28,29)(H2,27,30,32)/t15-/m0/s1. The van der Waals surface area contributed by atoms with Crippen LogP contribution in [0.2, 0.25) is 5.02 Å². The van der Waals surface area contributed by atoms with Crippen LogP contribution in [0.25, 0.3) is 33.3 Å². The number of hydrogen-bond acceptors (Lipinski definition) is 6. The van der Waals surface area contributed by atoms with Gasteiger partial charge in [-0.15, -0.1) is 0 Å². The lowest BCUT2D eigenvalue weighted by molar-refractivity contribution is 0.122. The molecule has 0 spiro atoms. The van der Waals surface area contributed by atoms with E-state index in [-0.39, 0.29) is 11.6 Å². The third-order valence-electron chi connectivity index (χ3n) is 6.46. The smallest absolute Gasteiger partial charge is 0.261 e. The molecule has 2 aromatic heterocycles. The van der Waals surface area contributed by atoms with Crippen LogP contribution in [0.1, 0.15) is 6.42 Å². The van der Waals surface area contributed by atoms with E-state index in [1.807, 2.05) is 18.2 Å². The largest absolute Gasteiger partial charge is 0.380 e. The Morgan fingerprint density at radius 2 is 1.97 bits per heavy atom. The van der Waals surface area contributed by atoms with Crippen LogP contribution in [-0.4, -0.2) is 60.4 Å². The number of halogens is 1. The number of hydrogen-bond donors (Lipinski definition) is 4. The van der Waals surface area contributed by atoms with Gasteiger partial charge in [-0.25, -0.2) is 4.98 Å². The molecule has 4 heterocycles. The van der Waals surface area contributed by atoms with Crippen LogP contribution in [0.15, 0.2) is 41.2 Å². The number of nitrogens with one attached hydrogen (secondary N) is 4. The molecular formula is C24H25ClN6O2. The number of ether oxygens (including phenoxy) is 1. The van der Waals surface area contributed by atoms with Crippen LogP contribution in [0.4, 0.5) is 11.4 Å². The predicted molar refractivity (Wildman–Crippen MR) is 133 cm³/mol. The zero-order valence-corrected chi connectivity index (χ0v) is 18.8. The van der Waals surface area contributed by atoms with Gasteiger partial charge in [-0.05, 0) is 49.4 Å². The fourth-order valence-corrected chi connectivity index (χ4v) is 4.94. The fourth-order valence-electron chi connectivity index (χ4n) is 4.76. The maximum absolute atomic E-state index is 13.3. The Hall–Kier alpha value is -3.07. The molecule has 0 saturated carbocycles. The highest BCUT2D eigenvalue weighted by Crippen LogP contribution is 2.33. The van der Waals surface area contributed by atoms with Gasteiger partial charge in [0.2, 0.25) is 0 Å². The van der Waals surface area contributed by atoms with E-state index < -0.39 is 0 Å². The Balaban J connectivity index is 1.48. The van der Waals surface area contributed by atoms with E-state index >= 15 is 0 Å². The average Bonchev–Trinajstić information content (AvgIpc) is 3.48. The van der Waals surface area contributed by atoms with Gasteiger partial charge >= 0.3 is 0 Å². The Kier molecular flexibility index (Phi) is 5.21. The summed E-state index contributed by atoms with van der Waals surface area (Å²) in [4.78, 5) is 26.8. The van der Waals surface area contributed by atoms with Crippen molar-refractivity contribution in [3.05, 3.63) is 51.8 Å². The van der Waals surface area contributed by atoms with E-state index in [4.69, 9.17) is 21.3 Å². The minimum atomic E-state index is -0.203. The SMILES string of the molecule is O=c1[nH]c2cc(Cl)ccc2c(N[C@H]2CCNC2)c1-c1nc2ccc(N3CCOCC3)cc2[nH]1. The maximum Gasteiger partial charge on any atom is 0.261 e. The first kappa shape index (κ1) is 20.5. The Morgan fingerprint density at radius 1 is 1.09 bits per heavy atom. The van der Waals surface area contributed by atoms with Crippen LogP contribution < -0.4 is 21.1 Å². The Morgan fingerprint density at radius 3 is 2.79 bits per heavy atom. The summed E-state index contributed by atoms with van der Waals surface area (Å²) in [5.74, 6) is 0.552. The Labute approximate surface area is 195 Å². The molecule has 2 saturated heterocycles. The summed E-state index contributed by atoms with van der Waals surface area (Å²) in [5, 5.41) is 8.48. The van der Waals surface area contributed by atoms with Crippen molar-refractivity contribution in [2.45, 2.75) is 12.5 Å². The quantitative estimate of drug-likeness (QED) is 0.370. The third kappa shape index (κ3) is 3.84. The second-order valence-corrected chi connectivity index (χ2v) is 9.05. The molecule has 0 radical (unpaired) electrons. The van der Waals surface area contributed by atoms with Gasteiger partial charge in [0.25, 0.3) is 5.56 Å². The van der Waals surface area contributed by atoms with Crippen molar-refractivity contribution in [2.24, 2.45) is 0 Å². The first-order valence-corrected chi connectivity index (χ1v) is 11.7. The van der Waals surface area contributed by atoms with E-state index in [2.05, 4.69) is 37.6 Å². The summed E-state index contributed by atoms with van der Waals surface area (Å²) < 4.78 is 5.47. The highest BCUT2D eigenvalue weighted by atomic mass is 35.5. The lowest BCUT2D eigenvalue weighted by atomic mass is 10.1. The van der Waals surface area contributed by atoms with Gasteiger partial charge in [0.15, 0.2) is 0 Å². The normalized spacial score (nSPS) is 18.9. The second-order valence-electron chi connectivity index (χ2n) is 8.61. The van der Waals surface area contributed by atoms with Crippen molar-refractivity contribution in [1.82, 2.24) is 20.3 Å². The molecule has 170 valence electrons. The van der Waals surface area contributed by atoms with E-state index in [1.54, 1.807) is 6.07 Å². The molecule has 0 unspecified atom stereocenters. The van der Waals surface area contributed by atoms with E-state index in [0.29, 0.717) is 21.9 Å². The summed E-state index contributed by atoms with van der Waals surface area (Å²) in [6.45, 7) is 4.99. The van der Waals surface area contributed by atoms with Crippen molar-refractivity contribution in [1.29, 1.82) is 0 Å². The molecule has 0 amide bonds. The first-order chi connectivity index (χ1) is 16.2. The number of rotatable bonds is 4. The minimum absolute atomic E-state index is 0.203. The predicted octanol–water partition coefficient (Wildman–Crippen LogP) is 3.34. The summed E-state index contributed by atoms with van der Waals surface area (Å²) in [6, 6.07) is 12.0. The molecule has 4 aromatic rings. The summed E-state index contributed by atoms with van der Waals surface area (Å²) >= 11 is 6.20. The number of anilines is 2. The van der Waals surface area contributed by atoms with E-state index in [0.717, 1.165) is 73.6 Å². The van der Waals surface area contributed by atoms with E-state index in [9.17, 15) is 4.79 Å². The van der Waals surface area contributed by atoms with Crippen molar-refractivity contribution < 1.29 is 4.74 Å². The van der Waals surface area contributed by atoms with Gasteiger partial charge in [-0.3, -0.25) is 4.79 Å². The van der Waals surface area contributed by atoms with Gasteiger partial charge < -0.3 is 30.2 Å². The van der Waals surface area contributed by atoms with Gasteiger partial charge in [-0.2, -0.15) is 0 Å². The number of aromatic amines is 2. The van der Waals surface area contributed by atoms with Crippen LogP contribution in [0.3, 0.4) is 0 Å². The van der Waals surface area contributed by atoms with Crippen LogP contribution >= 0.6 is 11.6 Å². The van der Waals surface area contributed by atoms with Crippen molar-refractivity contribution in [2.75, 3.05) is 49.6 Å². The Bertz CT molecular complexity index is 1390. The lowest BCUT2D eigenvalue weighted by Crippen LogP contribution is -2.36. The molecule has 6 rings (SSSR count). The van der Waals surface area contributed by atoms with E-state index in [1.165, 1.54) is 0 Å². The topological polar surface area (TPSA) is 98.1 Å². The summed E-state index contributed by atoms with van der Waals surface area (Å²) in [6.07, 6.45) is 0.990. The fraction of sp³-hybridized carbons (Fsp3) is 0.333. The molecule has 33 heavy (non-hydrogen) atoms. The number of morpholine rings is 1. The molecule has 2 fully saturated rings. The zero-order valence-electron chi connectivity index (χ0n) is 18.1. The average molecular weight is 465 g/mol. The van der Waals surface area contributed by atoms with Gasteiger partial charge in [0, 0.05) is 41.8 Å². The van der Waals surface area contributed by atoms with Crippen LogP contribution in [0, 0.1) is 0 Å². The maximum atomic E-state index is 13.3. The molecule has 4 N–H and O–H groups in total. The number of aromatic nitrogens is 3. The molecule has 0 bridgehead atoms. The monoisotopic (exact) mass is 464 g/mol. The highest BCUT2D eigenvalue weighted by molar-refractivity contribution is 6.31. The van der Waals surface area contributed by atoms with Gasteiger partial charge in [0.1, 0.15) is 11.4 Å². The molecule has 2 aliphatic heterocycles. The zero-order chi connectivity index (χ0) is 22.4. The van der Waals surface area contributed by atoms with Crippen LogP contribution in [-0.2, 0) is 4.74 Å². The molecule has 2 aliphatic rings. The number of nitrogens with zero attached hydrogens (tertiary/aromatic N) is 2. The summed E-state index contributed by atoms with van der Waals surface area (Å²) in [7, 11) is 0. The minimum Gasteiger partial charge on any atom is -0.380 e. The van der Waals surface area contributed by atoms with Crippen molar-refractivity contribution in [3.8, 4) is 11.4 Å². The van der Waals surface area contributed by atoms with Crippen LogP contribution in [0.5, 0.6) is 0 Å².